The molecule has 4 heteroatoms. The van der Waals surface area contributed by atoms with Gasteiger partial charge in [-0.2, -0.15) is 0 Å². The molecule has 80 valence electrons. The lowest BCUT2D eigenvalue weighted by atomic mass is 10.2. The van der Waals surface area contributed by atoms with E-state index in [-0.39, 0.29) is 13.2 Å². The largest absolute Gasteiger partial charge is 0.396 e. The molecule has 0 heterocycles. The molecule has 13 heavy (non-hydrogen) atoms. The Hall–Kier alpha value is -0.160. The van der Waals surface area contributed by atoms with Crippen LogP contribution in [-0.2, 0) is 0 Å². The maximum absolute atomic E-state index is 8.95. The number of unbranched alkanes of at least 4 members (excludes halogenated alkanes) is 3. The van der Waals surface area contributed by atoms with Crippen molar-refractivity contribution in [1.82, 2.24) is 5.32 Å². The van der Waals surface area contributed by atoms with Gasteiger partial charge < -0.3 is 20.6 Å². The van der Waals surface area contributed by atoms with Gasteiger partial charge in [-0.1, -0.05) is 12.8 Å². The summed E-state index contributed by atoms with van der Waals surface area (Å²) < 4.78 is 0. The lowest BCUT2D eigenvalue weighted by molar-refractivity contribution is 0.0945. The summed E-state index contributed by atoms with van der Waals surface area (Å²) in [6, 6.07) is 0. The molecule has 0 aromatic heterocycles. The van der Waals surface area contributed by atoms with Crippen molar-refractivity contribution in [1.29, 1.82) is 0 Å². The number of hydrogen-bond acceptors (Lipinski definition) is 4. The number of rotatable bonds is 9. The number of nitrogens with one attached hydrogen (secondary N) is 1. The van der Waals surface area contributed by atoms with E-state index in [0.29, 0.717) is 6.54 Å². The third-order valence-corrected chi connectivity index (χ3v) is 1.85. The average Bonchev–Trinajstić information content (AvgIpc) is 2.16. The molecule has 0 aliphatic heterocycles. The Kier molecular flexibility index (Phi) is 9.80. The highest BCUT2D eigenvalue weighted by molar-refractivity contribution is 4.56. The second-order valence-electron chi connectivity index (χ2n) is 3.18. The van der Waals surface area contributed by atoms with Crippen LogP contribution in [0, 0.1) is 0 Å². The van der Waals surface area contributed by atoms with Gasteiger partial charge in [0.05, 0.1) is 12.7 Å². The van der Waals surface area contributed by atoms with Gasteiger partial charge in [0.1, 0.15) is 0 Å². The van der Waals surface area contributed by atoms with E-state index in [4.69, 9.17) is 15.3 Å². The molecule has 1 atom stereocenters. The molecule has 0 aromatic rings. The minimum Gasteiger partial charge on any atom is -0.396 e. The van der Waals surface area contributed by atoms with Gasteiger partial charge in [0, 0.05) is 13.2 Å². The third-order valence-electron chi connectivity index (χ3n) is 1.85. The molecule has 4 nitrogen and oxygen atoms in total. The summed E-state index contributed by atoms with van der Waals surface area (Å²) in [5.41, 5.74) is 0. The first-order valence-corrected chi connectivity index (χ1v) is 4.91. The maximum atomic E-state index is 8.95. The Morgan fingerprint density at radius 3 is 2.31 bits per heavy atom. The molecule has 0 amide bonds. The monoisotopic (exact) mass is 191 g/mol. The van der Waals surface area contributed by atoms with Crippen molar-refractivity contribution in [2.45, 2.75) is 31.8 Å². The molecular weight excluding hydrogens is 170 g/mol. The van der Waals surface area contributed by atoms with Crippen LogP contribution in [0.25, 0.3) is 0 Å². The highest BCUT2D eigenvalue weighted by Crippen LogP contribution is 1.97. The Morgan fingerprint density at radius 1 is 1.00 bits per heavy atom. The van der Waals surface area contributed by atoms with Crippen LogP contribution in [-0.4, -0.2) is 47.7 Å². The fourth-order valence-corrected chi connectivity index (χ4v) is 1.05. The molecule has 0 fully saturated rings. The third kappa shape index (κ3) is 9.76. The average molecular weight is 191 g/mol. The Morgan fingerprint density at radius 2 is 1.69 bits per heavy atom. The zero-order valence-corrected chi connectivity index (χ0v) is 8.08. The van der Waals surface area contributed by atoms with E-state index >= 15 is 0 Å². The van der Waals surface area contributed by atoms with Crippen LogP contribution in [0.15, 0.2) is 0 Å². The van der Waals surface area contributed by atoms with Crippen LogP contribution < -0.4 is 5.32 Å². The van der Waals surface area contributed by atoms with Gasteiger partial charge in [0.2, 0.25) is 0 Å². The Bertz CT molecular complexity index is 101. The van der Waals surface area contributed by atoms with Gasteiger partial charge in [0.15, 0.2) is 0 Å². The maximum Gasteiger partial charge on any atom is 0.0894 e. The van der Waals surface area contributed by atoms with Crippen molar-refractivity contribution in [2.24, 2.45) is 0 Å². The summed E-state index contributed by atoms with van der Waals surface area (Å²) in [6.45, 7) is 1.41. The van der Waals surface area contributed by atoms with Crippen LogP contribution in [0.1, 0.15) is 25.7 Å². The second kappa shape index (κ2) is 9.92. The Balaban J connectivity index is 2.91. The predicted octanol–water partition coefficient (Wildman–Crippen LogP) is -0.518. The molecule has 0 rings (SSSR count). The lowest BCUT2D eigenvalue weighted by Gasteiger charge is -2.08. The van der Waals surface area contributed by atoms with E-state index in [0.717, 1.165) is 32.2 Å². The van der Waals surface area contributed by atoms with E-state index in [9.17, 15) is 0 Å². The van der Waals surface area contributed by atoms with Crippen molar-refractivity contribution < 1.29 is 15.3 Å². The van der Waals surface area contributed by atoms with Gasteiger partial charge >= 0.3 is 0 Å². The second-order valence-corrected chi connectivity index (χ2v) is 3.18. The summed E-state index contributed by atoms with van der Waals surface area (Å²) in [5, 5.41) is 29.0. The van der Waals surface area contributed by atoms with Crippen molar-refractivity contribution in [3.63, 3.8) is 0 Å². The smallest absolute Gasteiger partial charge is 0.0894 e. The molecule has 0 saturated carbocycles. The van der Waals surface area contributed by atoms with E-state index in [2.05, 4.69) is 5.32 Å². The fraction of sp³-hybridized carbons (Fsp3) is 1.00. The molecule has 4 N–H and O–H groups in total. The van der Waals surface area contributed by atoms with Crippen molar-refractivity contribution in [2.75, 3.05) is 26.3 Å². The Labute approximate surface area is 79.6 Å². The molecule has 0 aromatic carbocycles. The normalized spacial score (nSPS) is 13.2. The first-order valence-electron chi connectivity index (χ1n) is 4.91. The zero-order valence-electron chi connectivity index (χ0n) is 8.08. The van der Waals surface area contributed by atoms with Crippen molar-refractivity contribution >= 4 is 0 Å². The van der Waals surface area contributed by atoms with E-state index < -0.39 is 6.10 Å². The molecule has 0 saturated heterocycles. The first-order chi connectivity index (χ1) is 6.31. The fourth-order valence-electron chi connectivity index (χ4n) is 1.05. The van der Waals surface area contributed by atoms with Crippen LogP contribution in [0.5, 0.6) is 0 Å². The summed E-state index contributed by atoms with van der Waals surface area (Å²) >= 11 is 0. The van der Waals surface area contributed by atoms with Gasteiger partial charge in [-0.3, -0.25) is 0 Å². The molecule has 0 spiro atoms. The summed E-state index contributed by atoms with van der Waals surface area (Å²) in [6.07, 6.45) is 3.44. The molecule has 1 unspecified atom stereocenters. The van der Waals surface area contributed by atoms with Crippen LogP contribution >= 0.6 is 0 Å². The molecule has 0 aliphatic rings. The molecule has 0 radical (unpaired) electrons. The van der Waals surface area contributed by atoms with Crippen LogP contribution in [0.4, 0.5) is 0 Å². The predicted molar refractivity (Wildman–Crippen MR) is 51.5 cm³/mol. The number of aliphatic hydroxyl groups excluding tert-OH is 3. The number of hydrogen-bond donors (Lipinski definition) is 4. The van der Waals surface area contributed by atoms with Crippen LogP contribution in [0.2, 0.25) is 0 Å². The highest BCUT2D eigenvalue weighted by Gasteiger charge is 1.99. The van der Waals surface area contributed by atoms with Crippen LogP contribution in [0.3, 0.4) is 0 Å². The highest BCUT2D eigenvalue weighted by atomic mass is 16.3. The quantitative estimate of drug-likeness (QED) is 0.370. The SMILES string of the molecule is OCCCCCCNCC(O)CO. The first kappa shape index (κ1) is 12.8. The van der Waals surface area contributed by atoms with E-state index in [1.807, 2.05) is 0 Å². The molecular formula is C9H21NO3. The summed E-state index contributed by atoms with van der Waals surface area (Å²) in [7, 11) is 0. The minimum absolute atomic E-state index is 0.183. The topological polar surface area (TPSA) is 72.7 Å². The lowest BCUT2D eigenvalue weighted by Crippen LogP contribution is -2.29. The van der Waals surface area contributed by atoms with Gasteiger partial charge in [-0.15, -0.1) is 0 Å². The van der Waals surface area contributed by atoms with E-state index in [1.54, 1.807) is 0 Å². The van der Waals surface area contributed by atoms with Crippen molar-refractivity contribution in [3.05, 3.63) is 0 Å². The minimum atomic E-state index is -0.641. The standard InChI is InChI=1S/C9H21NO3/c11-6-4-2-1-3-5-10-7-9(13)8-12/h9-13H,1-8H2. The zero-order chi connectivity index (χ0) is 9.94. The van der Waals surface area contributed by atoms with Gasteiger partial charge in [-0.25, -0.2) is 0 Å². The van der Waals surface area contributed by atoms with E-state index in [1.165, 1.54) is 0 Å². The van der Waals surface area contributed by atoms with Crippen molar-refractivity contribution in [3.8, 4) is 0 Å². The number of aliphatic hydroxyl groups is 3. The van der Waals surface area contributed by atoms with Gasteiger partial charge in [0.25, 0.3) is 0 Å². The summed E-state index contributed by atoms with van der Waals surface area (Å²) in [5.74, 6) is 0. The summed E-state index contributed by atoms with van der Waals surface area (Å²) in [4.78, 5) is 0. The van der Waals surface area contributed by atoms with Gasteiger partial charge in [-0.05, 0) is 19.4 Å². The molecule has 0 bridgehead atoms. The molecule has 0 aliphatic carbocycles.